The molecule has 0 N–H and O–H groups in total. The minimum Gasteiger partial charge on any atom is -0.493 e. The summed E-state index contributed by atoms with van der Waals surface area (Å²) in [6, 6.07) is 12.9. The number of likely N-dealkylation sites (tertiary alicyclic amines) is 1. The van der Waals surface area contributed by atoms with Crippen molar-refractivity contribution in [2.45, 2.75) is 18.9 Å². The topological polar surface area (TPSA) is 77.7 Å². The average molecular weight is 414 g/mol. The summed E-state index contributed by atoms with van der Waals surface area (Å²) >= 11 is 5.93. The second kappa shape index (κ2) is 8.13. The molecule has 7 nitrogen and oxygen atoms in total. The molecule has 2 heterocycles. The number of carbonyl (C=O) groups excluding carboxylic acids is 1. The summed E-state index contributed by atoms with van der Waals surface area (Å²) in [5.74, 6) is 2.08. The highest BCUT2D eigenvalue weighted by Gasteiger charge is 2.33. The van der Waals surface area contributed by atoms with E-state index in [1.807, 2.05) is 30.3 Å². The van der Waals surface area contributed by atoms with Crippen LogP contribution in [-0.4, -0.2) is 41.7 Å². The van der Waals surface area contributed by atoms with Crippen molar-refractivity contribution in [3.05, 3.63) is 58.9 Å². The van der Waals surface area contributed by atoms with E-state index in [1.165, 1.54) is 0 Å². The molecule has 0 radical (unpaired) electrons. The van der Waals surface area contributed by atoms with Crippen molar-refractivity contribution >= 4 is 17.5 Å². The fraction of sp³-hybridized carbons (Fsp3) is 0.286. The van der Waals surface area contributed by atoms with E-state index >= 15 is 0 Å². The monoisotopic (exact) mass is 413 g/mol. The summed E-state index contributed by atoms with van der Waals surface area (Å²) < 4.78 is 16.0. The van der Waals surface area contributed by atoms with Gasteiger partial charge in [-0.25, -0.2) is 0 Å². The maximum absolute atomic E-state index is 12.4. The molecular weight excluding hydrogens is 394 g/mol. The Morgan fingerprint density at radius 3 is 2.62 bits per heavy atom. The Hall–Kier alpha value is -3.06. The van der Waals surface area contributed by atoms with Gasteiger partial charge >= 0.3 is 0 Å². The van der Waals surface area contributed by atoms with Crippen LogP contribution in [0.3, 0.4) is 0 Å². The Bertz CT molecular complexity index is 1020. The van der Waals surface area contributed by atoms with Crippen molar-refractivity contribution in [2.24, 2.45) is 0 Å². The molecule has 0 spiro atoms. The van der Waals surface area contributed by atoms with Crippen LogP contribution < -0.4 is 9.47 Å². The molecule has 8 heteroatoms. The SMILES string of the molecule is COc1ccc(-c2nc(C3CC(=O)N(Cc4ccc(Cl)cc4)C3)no2)cc1OC. The number of rotatable bonds is 6. The summed E-state index contributed by atoms with van der Waals surface area (Å²) in [6.45, 7) is 1.08. The lowest BCUT2D eigenvalue weighted by Gasteiger charge is -2.16. The van der Waals surface area contributed by atoms with Gasteiger partial charge in [0.15, 0.2) is 17.3 Å². The number of halogens is 1. The minimum absolute atomic E-state index is 0.0717. The van der Waals surface area contributed by atoms with Crippen LogP contribution >= 0.6 is 11.6 Å². The van der Waals surface area contributed by atoms with Gasteiger partial charge in [0.05, 0.1) is 14.2 Å². The first-order valence-corrected chi connectivity index (χ1v) is 9.53. The van der Waals surface area contributed by atoms with E-state index < -0.39 is 0 Å². The minimum atomic E-state index is -0.104. The Balaban J connectivity index is 1.48. The standard InChI is InChI=1S/C21H20ClN3O4/c1-27-17-8-5-14(9-18(17)28-2)21-23-20(24-29-21)15-10-19(26)25(12-15)11-13-3-6-16(22)7-4-13/h3-9,15H,10-12H2,1-2H3. The van der Waals surface area contributed by atoms with Crippen LogP contribution in [0.4, 0.5) is 0 Å². The molecule has 0 saturated carbocycles. The Morgan fingerprint density at radius 2 is 1.90 bits per heavy atom. The van der Waals surface area contributed by atoms with E-state index in [4.69, 9.17) is 25.6 Å². The van der Waals surface area contributed by atoms with Crippen molar-refractivity contribution in [3.8, 4) is 23.0 Å². The zero-order valence-electron chi connectivity index (χ0n) is 16.1. The van der Waals surface area contributed by atoms with Gasteiger partial charge in [-0.15, -0.1) is 0 Å². The van der Waals surface area contributed by atoms with E-state index in [1.54, 1.807) is 31.3 Å². The molecule has 0 aliphatic carbocycles. The first kappa shape index (κ1) is 19.3. The Morgan fingerprint density at radius 1 is 1.14 bits per heavy atom. The predicted octanol–water partition coefficient (Wildman–Crippen LogP) is 3.92. The molecule has 4 rings (SSSR count). The molecular formula is C21H20ClN3O4. The van der Waals surface area contributed by atoms with Gasteiger partial charge in [0, 0.05) is 36.0 Å². The highest BCUT2D eigenvalue weighted by atomic mass is 35.5. The zero-order chi connectivity index (χ0) is 20.4. The molecule has 1 aliphatic rings. The first-order chi connectivity index (χ1) is 14.1. The number of amides is 1. The third-order valence-corrected chi connectivity index (χ3v) is 5.19. The van der Waals surface area contributed by atoms with Gasteiger partial charge < -0.3 is 18.9 Å². The van der Waals surface area contributed by atoms with Crippen LogP contribution in [0.2, 0.25) is 5.02 Å². The van der Waals surface area contributed by atoms with Gasteiger partial charge in [-0.1, -0.05) is 28.9 Å². The number of hydrogen-bond donors (Lipinski definition) is 0. The maximum atomic E-state index is 12.4. The second-order valence-electron chi connectivity index (χ2n) is 6.83. The number of nitrogens with zero attached hydrogens (tertiary/aromatic N) is 3. The van der Waals surface area contributed by atoms with Crippen LogP contribution in [0.25, 0.3) is 11.5 Å². The predicted molar refractivity (Wildman–Crippen MR) is 107 cm³/mol. The number of hydrogen-bond acceptors (Lipinski definition) is 6. The molecule has 1 aromatic heterocycles. The highest BCUT2D eigenvalue weighted by molar-refractivity contribution is 6.30. The second-order valence-corrected chi connectivity index (χ2v) is 7.27. The average Bonchev–Trinajstić information content (AvgIpc) is 3.36. The highest BCUT2D eigenvalue weighted by Crippen LogP contribution is 2.33. The quantitative estimate of drug-likeness (QED) is 0.609. The zero-order valence-corrected chi connectivity index (χ0v) is 16.8. The molecule has 1 aliphatic heterocycles. The molecule has 0 bridgehead atoms. The molecule has 29 heavy (non-hydrogen) atoms. The van der Waals surface area contributed by atoms with E-state index in [-0.39, 0.29) is 11.8 Å². The Labute approximate surface area is 173 Å². The number of ether oxygens (including phenoxy) is 2. The van der Waals surface area contributed by atoms with Gasteiger partial charge in [-0.2, -0.15) is 4.98 Å². The lowest BCUT2D eigenvalue weighted by molar-refractivity contribution is -0.128. The summed E-state index contributed by atoms with van der Waals surface area (Å²) in [7, 11) is 3.15. The molecule has 1 fully saturated rings. The summed E-state index contributed by atoms with van der Waals surface area (Å²) in [4.78, 5) is 18.8. The van der Waals surface area contributed by atoms with Crippen molar-refractivity contribution in [3.63, 3.8) is 0 Å². The summed E-state index contributed by atoms with van der Waals surface area (Å²) in [5, 5.41) is 4.78. The van der Waals surface area contributed by atoms with Crippen LogP contribution in [0.5, 0.6) is 11.5 Å². The summed E-state index contributed by atoms with van der Waals surface area (Å²) in [5.41, 5.74) is 1.76. The number of carbonyl (C=O) groups is 1. The van der Waals surface area contributed by atoms with Gasteiger partial charge in [0.1, 0.15) is 0 Å². The lowest BCUT2D eigenvalue weighted by Crippen LogP contribution is -2.24. The molecule has 2 aromatic carbocycles. The van der Waals surface area contributed by atoms with Crippen LogP contribution in [-0.2, 0) is 11.3 Å². The molecule has 150 valence electrons. The van der Waals surface area contributed by atoms with Crippen molar-refractivity contribution < 1.29 is 18.8 Å². The third kappa shape index (κ3) is 4.05. The fourth-order valence-electron chi connectivity index (χ4n) is 3.40. The smallest absolute Gasteiger partial charge is 0.258 e. The number of benzene rings is 2. The van der Waals surface area contributed by atoms with Gasteiger partial charge in [-0.3, -0.25) is 4.79 Å². The largest absolute Gasteiger partial charge is 0.493 e. The fourth-order valence-corrected chi connectivity index (χ4v) is 3.52. The number of methoxy groups -OCH3 is 2. The third-order valence-electron chi connectivity index (χ3n) is 4.94. The first-order valence-electron chi connectivity index (χ1n) is 9.15. The van der Waals surface area contributed by atoms with Crippen LogP contribution in [0, 0.1) is 0 Å². The van der Waals surface area contributed by atoms with Gasteiger partial charge in [-0.05, 0) is 35.9 Å². The molecule has 1 unspecified atom stereocenters. The van der Waals surface area contributed by atoms with Gasteiger partial charge in [0.25, 0.3) is 5.89 Å². The summed E-state index contributed by atoms with van der Waals surface area (Å²) in [6.07, 6.45) is 0.360. The lowest BCUT2D eigenvalue weighted by atomic mass is 10.1. The molecule has 1 amide bonds. The Kier molecular flexibility index (Phi) is 5.40. The van der Waals surface area contributed by atoms with E-state index in [0.717, 1.165) is 11.1 Å². The van der Waals surface area contributed by atoms with E-state index in [0.29, 0.717) is 47.7 Å². The van der Waals surface area contributed by atoms with Crippen molar-refractivity contribution in [2.75, 3.05) is 20.8 Å². The van der Waals surface area contributed by atoms with Crippen LogP contribution in [0.1, 0.15) is 23.7 Å². The van der Waals surface area contributed by atoms with Crippen molar-refractivity contribution in [1.29, 1.82) is 0 Å². The van der Waals surface area contributed by atoms with Gasteiger partial charge in [0.2, 0.25) is 5.91 Å². The van der Waals surface area contributed by atoms with E-state index in [2.05, 4.69) is 10.1 Å². The molecule has 1 saturated heterocycles. The van der Waals surface area contributed by atoms with E-state index in [9.17, 15) is 4.79 Å². The van der Waals surface area contributed by atoms with Crippen molar-refractivity contribution in [1.82, 2.24) is 15.0 Å². The number of aromatic nitrogens is 2. The molecule has 1 atom stereocenters. The molecule has 3 aromatic rings. The normalized spacial score (nSPS) is 16.3. The maximum Gasteiger partial charge on any atom is 0.258 e. The van der Waals surface area contributed by atoms with Crippen LogP contribution in [0.15, 0.2) is 47.0 Å².